The molecule has 0 spiro atoms. The molecule has 0 unspecified atom stereocenters. The van der Waals surface area contributed by atoms with Gasteiger partial charge in [-0.05, 0) is 86.3 Å². The van der Waals surface area contributed by atoms with E-state index in [2.05, 4.69) is 189 Å². The fraction of sp³-hybridized carbons (Fsp3) is 0.706. The molecule has 0 saturated carbocycles. The molecule has 0 aliphatic rings. The number of hydrogen-bond donors (Lipinski definition) is 15. The summed E-state index contributed by atoms with van der Waals surface area (Å²) >= 11 is 55.2. The summed E-state index contributed by atoms with van der Waals surface area (Å²) in [6, 6.07) is -9.47. The first-order valence-corrected chi connectivity index (χ1v) is 36.2. The van der Waals surface area contributed by atoms with Crippen LogP contribution >= 0.6 is 189 Å². The van der Waals surface area contributed by atoms with Gasteiger partial charge in [-0.25, -0.2) is 0 Å². The average molecular weight is 2600 g/mol. The van der Waals surface area contributed by atoms with Gasteiger partial charge < -0.3 is 293 Å². The molecule has 735 valence electrons. The molecule has 66 heteroatoms. The van der Waals surface area contributed by atoms with Crippen LogP contribution in [0.15, 0.2) is 0 Å². The zero-order valence-corrected chi connectivity index (χ0v) is 97.1. The molecule has 117 heavy (non-hydrogen) atoms. The minimum absolute atomic E-state index is 0. The van der Waals surface area contributed by atoms with Gasteiger partial charge >= 0.3 is 85.3 Å². The van der Waals surface area contributed by atoms with Gasteiger partial charge in [0.2, 0.25) is 0 Å². The summed E-state index contributed by atoms with van der Waals surface area (Å²) < 4.78 is 0. The molecule has 0 heterocycles. The SMILES string of the molecule is CC.CC.CC.[Fe+2].[Fe+2].[Fe+3].[Fe+4].[Fe+4].[Fe].[Fe].[Fe].[Fe].[Fe].[Fe].[NH-][C@H](C=O)CS.[NH-][C@H](C=O)CS.[NH-][C@H](C=O)CS.[NH-][C@H](C=O)CS.[NH-][C@H](C=O)CS.[NH-][C@H](C=O)CS.[NH-][C@H](C=O)CS.[NH-][C@H](C=O)CS.[NH-][C@H](C=O)CS.[NH-][C@H](C=O)CS.[NH-][C@H](C=O)CS.[NH-][C@H](C=O)CS.[NH-][C@H](C=O)CS.[NH-][C@H](C=O)CS.[NH-][C@H](C=O)CS.[SH-].[SH-].[SH-].[SH-].[SH-].[SH-].[SH-].[SH-].[SH-].[SH-]. The van der Waals surface area contributed by atoms with Crippen LogP contribution in [0.2, 0.25) is 0 Å². The van der Waals surface area contributed by atoms with Crippen LogP contribution in [0.5, 0.6) is 0 Å². The number of hydrogen-bond acceptors (Lipinski definition) is 40. The zero-order chi connectivity index (χ0) is 80.9. The van der Waals surface area contributed by atoms with Gasteiger partial charge in [-0.15, -0.1) is 0 Å². The van der Waals surface area contributed by atoms with Crippen molar-refractivity contribution < 1.29 is 260 Å². The maximum absolute atomic E-state index is 9.50. The van der Waals surface area contributed by atoms with E-state index in [9.17, 15) is 71.9 Å². The molecule has 0 rings (SSSR count). The first-order chi connectivity index (χ1) is 45.1. The molecular weight excluding hydrogens is 2480 g/mol. The summed E-state index contributed by atoms with van der Waals surface area (Å²) in [5.74, 6) is 4.84. The minimum atomic E-state index is -0.631. The number of carbonyl (C=O) groups excluding carboxylic acids is 15. The van der Waals surface area contributed by atoms with Crippen LogP contribution in [0.4, 0.5) is 0 Å². The summed E-state index contributed by atoms with van der Waals surface area (Å²) in [6.07, 6.45) is 8.44. The quantitative estimate of drug-likeness (QED) is 0.0139. The van der Waals surface area contributed by atoms with E-state index < -0.39 is 90.6 Å². The van der Waals surface area contributed by atoms with Crippen LogP contribution in [-0.2, 0) is 395 Å². The molecule has 1 radical (unpaired) electrons. The van der Waals surface area contributed by atoms with E-state index in [1.165, 1.54) is 0 Å². The van der Waals surface area contributed by atoms with Gasteiger partial charge in [-0.3, -0.25) is 0 Å². The molecule has 15 N–H and O–H groups in total. The standard InChI is InChI=1S/15C3H6NOS.3C2H6.11Fe.10H2S/c15*4-3(1-5)2-6;3*1-2;;;;;;;;;;;;;;;;;;;;;/h15*1,3-4,6H,2H2;3*1-2H3;;;;;;;;;;;;10*1H2/q15*-1;;;;;;;;;;2*+2;+3;2*+4;;;;;;;;;;/p-10/t15*3-;;;;;;;;;;;;;;;;;;;;;;;;/m111111111111111......................../s1. The van der Waals surface area contributed by atoms with Crippen molar-refractivity contribution in [2.24, 2.45) is 0 Å². The van der Waals surface area contributed by atoms with Gasteiger partial charge in [0.1, 0.15) is 94.3 Å². The van der Waals surface area contributed by atoms with E-state index in [1.807, 2.05) is 41.5 Å². The second-order valence-electron chi connectivity index (χ2n) is 13.9. The van der Waals surface area contributed by atoms with Gasteiger partial charge in [0.15, 0.2) is 0 Å². The van der Waals surface area contributed by atoms with E-state index in [0.717, 1.165) is 0 Å². The Balaban J connectivity index is -0.0000000148. The van der Waals surface area contributed by atoms with E-state index in [4.69, 9.17) is 86.0 Å². The maximum atomic E-state index is 9.50. The minimum Gasteiger partial charge on any atom is -0.813 e. The third-order valence-corrected chi connectivity index (χ3v) is 11.3. The Hall–Kier alpha value is 8.91. The molecule has 0 amide bonds. The number of thiol groups is 25. The number of nitrogens with one attached hydrogen (secondary N) is 15. The van der Waals surface area contributed by atoms with Gasteiger partial charge in [0.05, 0.1) is 0 Å². The molecule has 0 fully saturated rings. The first-order valence-electron chi connectivity index (χ1n) is 26.7. The third-order valence-electron chi connectivity index (χ3n) is 5.41. The summed E-state index contributed by atoms with van der Waals surface area (Å²) in [7, 11) is 0. The van der Waals surface area contributed by atoms with Gasteiger partial charge in [-0.1, -0.05) is 132 Å². The number of carbonyl (C=O) groups is 15. The van der Waals surface area contributed by atoms with Crippen LogP contribution in [0.1, 0.15) is 41.5 Å². The fourth-order valence-electron chi connectivity index (χ4n) is 0.645. The topological polar surface area (TPSA) is 613 Å². The fourth-order valence-corrected chi connectivity index (χ4v) is 1.94. The zero-order valence-electron chi connectivity index (χ0n) is 62.6. The molecule has 0 aromatic rings. The van der Waals surface area contributed by atoms with E-state index in [1.54, 1.807) is 0 Å². The molecular formula is C51H118Fe11N15O15S25-10. The summed E-state index contributed by atoms with van der Waals surface area (Å²) in [5.41, 5.74) is 99.4. The predicted molar refractivity (Wildman–Crippen MR) is 542 cm³/mol. The normalized spacial score (nSPS) is 10.7. The average Bonchev–Trinajstić information content (AvgIpc) is 3.71. The predicted octanol–water partition coefficient (Wildman–Crippen LogP) is 8.39. The van der Waals surface area contributed by atoms with Gasteiger partial charge in [-0.2, -0.15) is 189 Å². The Kier molecular flexibility index (Phi) is 605. The third kappa shape index (κ3) is 397. The van der Waals surface area contributed by atoms with E-state index in [-0.39, 0.29) is 323 Å². The smallest absolute Gasteiger partial charge is 0.813 e. The van der Waals surface area contributed by atoms with Crippen molar-refractivity contribution >= 4 is 419 Å². The van der Waals surface area contributed by atoms with E-state index in [0.29, 0.717) is 181 Å². The molecule has 0 aliphatic carbocycles. The Morgan fingerprint density at radius 1 is 0.162 bits per heavy atom. The van der Waals surface area contributed by atoms with Crippen molar-refractivity contribution in [1.29, 1.82) is 0 Å². The van der Waals surface area contributed by atoms with Crippen molar-refractivity contribution in [3.8, 4) is 0 Å². The molecule has 0 aromatic heterocycles. The van der Waals surface area contributed by atoms with Crippen molar-refractivity contribution in [3.63, 3.8) is 0 Å². The van der Waals surface area contributed by atoms with Crippen molar-refractivity contribution in [2.75, 3.05) is 86.3 Å². The molecule has 0 aliphatic heterocycles. The number of aldehydes is 15. The van der Waals surface area contributed by atoms with Gasteiger partial charge in [0.25, 0.3) is 0 Å². The summed E-state index contributed by atoms with van der Waals surface area (Å²) in [5, 5.41) is 0. The second-order valence-corrected chi connectivity index (χ2v) is 19.4. The van der Waals surface area contributed by atoms with Crippen molar-refractivity contribution in [3.05, 3.63) is 86.0 Å². The largest absolute Gasteiger partial charge is 4.00 e. The van der Waals surface area contributed by atoms with Crippen LogP contribution in [0.3, 0.4) is 0 Å². The van der Waals surface area contributed by atoms with Crippen molar-refractivity contribution in [2.45, 2.75) is 132 Å². The van der Waals surface area contributed by atoms with Crippen molar-refractivity contribution in [1.82, 2.24) is 0 Å². The maximum Gasteiger partial charge on any atom is 4.00 e. The van der Waals surface area contributed by atoms with Crippen LogP contribution in [0, 0.1) is 0 Å². The Bertz CT molecular complexity index is 1210. The Labute approximate surface area is 968 Å². The Morgan fingerprint density at radius 2 is 0.188 bits per heavy atom. The second kappa shape index (κ2) is 272. The summed E-state index contributed by atoms with van der Waals surface area (Å²) in [4.78, 5) is 142. The molecule has 0 saturated heterocycles. The van der Waals surface area contributed by atoms with Crippen LogP contribution in [0.25, 0.3) is 86.0 Å². The first kappa shape index (κ1) is 260. The van der Waals surface area contributed by atoms with Gasteiger partial charge in [0, 0.05) is 102 Å². The molecule has 0 bridgehead atoms. The van der Waals surface area contributed by atoms with Crippen LogP contribution < -0.4 is 0 Å². The van der Waals surface area contributed by atoms with Crippen LogP contribution in [-0.4, -0.2) is 271 Å². The van der Waals surface area contributed by atoms with E-state index >= 15 is 0 Å². The number of rotatable bonds is 30. The summed E-state index contributed by atoms with van der Waals surface area (Å²) in [6.45, 7) is 12.0. The molecule has 15 atom stereocenters. The Morgan fingerprint density at radius 3 is 0.188 bits per heavy atom. The molecule has 30 nitrogen and oxygen atoms in total. The monoisotopic (exact) mass is 2600 g/mol. The molecule has 0 aromatic carbocycles.